The standard InChI is InChI=1S/C10H9N3O/c1-8(12-7-14)9-2-3-10-11-4-5-13(10)6-9/h2-7H,1H3/b12-8+. The third-order valence-corrected chi connectivity index (χ3v) is 2.05. The van der Waals surface area contributed by atoms with Crippen molar-refractivity contribution in [2.75, 3.05) is 0 Å². The van der Waals surface area contributed by atoms with Gasteiger partial charge in [0.1, 0.15) is 5.65 Å². The monoisotopic (exact) mass is 187 g/mol. The minimum absolute atomic E-state index is 0.549. The van der Waals surface area contributed by atoms with Crippen molar-refractivity contribution in [1.29, 1.82) is 0 Å². The summed E-state index contributed by atoms with van der Waals surface area (Å²) in [5.74, 6) is 0. The highest BCUT2D eigenvalue weighted by molar-refractivity contribution is 6.01. The van der Waals surface area contributed by atoms with E-state index < -0.39 is 0 Å². The van der Waals surface area contributed by atoms with Crippen molar-refractivity contribution in [3.05, 3.63) is 36.3 Å². The molecule has 0 fully saturated rings. The molecule has 1 amide bonds. The van der Waals surface area contributed by atoms with Gasteiger partial charge in [-0.3, -0.25) is 4.79 Å². The van der Waals surface area contributed by atoms with E-state index in [1.54, 1.807) is 13.1 Å². The molecular formula is C10H9N3O. The fraction of sp³-hybridized carbons (Fsp3) is 0.100. The molecule has 2 aromatic heterocycles. The minimum atomic E-state index is 0.549. The maximum absolute atomic E-state index is 10.2. The number of amides is 1. The number of rotatable bonds is 2. The van der Waals surface area contributed by atoms with Crippen molar-refractivity contribution in [3.8, 4) is 0 Å². The second kappa shape index (κ2) is 3.41. The molecule has 0 saturated carbocycles. The molecule has 0 aliphatic carbocycles. The molecule has 2 heterocycles. The van der Waals surface area contributed by atoms with Crippen LogP contribution in [-0.4, -0.2) is 21.5 Å². The summed E-state index contributed by atoms with van der Waals surface area (Å²) in [6, 6.07) is 3.78. The third-order valence-electron chi connectivity index (χ3n) is 2.05. The van der Waals surface area contributed by atoms with Crippen LogP contribution in [0.2, 0.25) is 0 Å². The van der Waals surface area contributed by atoms with Crippen LogP contribution in [0.3, 0.4) is 0 Å². The van der Waals surface area contributed by atoms with E-state index in [4.69, 9.17) is 0 Å². The molecule has 0 aliphatic heterocycles. The van der Waals surface area contributed by atoms with Crippen LogP contribution in [0.15, 0.2) is 35.7 Å². The fourth-order valence-corrected chi connectivity index (χ4v) is 1.29. The predicted molar refractivity (Wildman–Crippen MR) is 53.5 cm³/mol. The van der Waals surface area contributed by atoms with Gasteiger partial charge in [0.2, 0.25) is 6.41 Å². The molecule has 0 atom stereocenters. The number of carbonyl (C=O) groups is 1. The smallest absolute Gasteiger partial charge is 0.233 e. The first-order chi connectivity index (χ1) is 6.81. The zero-order valence-electron chi connectivity index (χ0n) is 7.71. The summed E-state index contributed by atoms with van der Waals surface area (Å²) in [5, 5.41) is 0. The lowest BCUT2D eigenvalue weighted by Gasteiger charge is -1.99. The van der Waals surface area contributed by atoms with Gasteiger partial charge in [-0.2, -0.15) is 0 Å². The van der Waals surface area contributed by atoms with E-state index in [1.165, 1.54) is 0 Å². The summed E-state index contributed by atoms with van der Waals surface area (Å²) in [5.41, 5.74) is 2.51. The zero-order chi connectivity index (χ0) is 9.97. The summed E-state index contributed by atoms with van der Waals surface area (Å²) in [4.78, 5) is 18.0. The number of imidazole rings is 1. The van der Waals surface area contributed by atoms with Gasteiger partial charge in [0.05, 0.1) is 0 Å². The van der Waals surface area contributed by atoms with E-state index in [0.717, 1.165) is 11.2 Å². The Kier molecular flexibility index (Phi) is 2.10. The molecule has 2 aromatic rings. The molecule has 0 radical (unpaired) electrons. The lowest BCUT2D eigenvalue weighted by atomic mass is 10.2. The number of nitrogens with zero attached hydrogens (tertiary/aromatic N) is 3. The number of fused-ring (bicyclic) bond motifs is 1. The number of carbonyl (C=O) groups excluding carboxylic acids is 1. The second-order valence-electron chi connectivity index (χ2n) is 2.93. The zero-order valence-corrected chi connectivity index (χ0v) is 7.71. The van der Waals surface area contributed by atoms with Gasteiger partial charge in [-0.05, 0) is 19.1 Å². The van der Waals surface area contributed by atoms with Gasteiger partial charge in [-0.15, -0.1) is 0 Å². The first-order valence-electron chi connectivity index (χ1n) is 4.22. The van der Waals surface area contributed by atoms with Crippen molar-refractivity contribution in [2.45, 2.75) is 6.92 Å². The minimum Gasteiger partial charge on any atom is -0.306 e. The van der Waals surface area contributed by atoms with Crippen LogP contribution in [0.25, 0.3) is 5.65 Å². The SMILES string of the molecule is C/C(=N\C=O)c1ccc2nccn2c1. The molecule has 0 saturated heterocycles. The fourth-order valence-electron chi connectivity index (χ4n) is 1.29. The highest BCUT2D eigenvalue weighted by Gasteiger charge is 1.99. The lowest BCUT2D eigenvalue weighted by molar-refractivity contribution is -0.106. The molecule has 2 rings (SSSR count). The Balaban J connectivity index is 2.53. The Bertz CT molecular complexity index is 499. The largest absolute Gasteiger partial charge is 0.306 e. The van der Waals surface area contributed by atoms with Gasteiger partial charge in [-0.25, -0.2) is 9.98 Å². The average molecular weight is 187 g/mol. The summed E-state index contributed by atoms with van der Waals surface area (Å²) in [6.07, 6.45) is 6.02. The van der Waals surface area contributed by atoms with Crippen molar-refractivity contribution >= 4 is 17.8 Å². The highest BCUT2D eigenvalue weighted by atomic mass is 16.1. The number of pyridine rings is 1. The van der Waals surface area contributed by atoms with E-state index >= 15 is 0 Å². The lowest BCUT2D eigenvalue weighted by Crippen LogP contribution is -1.97. The van der Waals surface area contributed by atoms with E-state index in [2.05, 4.69) is 9.98 Å². The molecule has 0 aliphatic rings. The Morgan fingerprint density at radius 3 is 3.21 bits per heavy atom. The van der Waals surface area contributed by atoms with Crippen molar-refractivity contribution in [2.24, 2.45) is 4.99 Å². The van der Waals surface area contributed by atoms with Gasteiger partial charge in [0, 0.05) is 29.9 Å². The Morgan fingerprint density at radius 1 is 1.57 bits per heavy atom. The van der Waals surface area contributed by atoms with E-state index in [1.807, 2.05) is 28.9 Å². The van der Waals surface area contributed by atoms with E-state index in [-0.39, 0.29) is 0 Å². The van der Waals surface area contributed by atoms with Gasteiger partial charge in [0.15, 0.2) is 0 Å². The van der Waals surface area contributed by atoms with Crippen LogP contribution in [-0.2, 0) is 4.79 Å². The first kappa shape index (κ1) is 8.62. The van der Waals surface area contributed by atoms with Crippen LogP contribution in [0, 0.1) is 0 Å². The molecule has 0 bridgehead atoms. The van der Waals surface area contributed by atoms with Crippen LogP contribution < -0.4 is 0 Å². The van der Waals surface area contributed by atoms with Crippen molar-refractivity contribution in [1.82, 2.24) is 9.38 Å². The van der Waals surface area contributed by atoms with Crippen LogP contribution in [0.4, 0.5) is 0 Å². The summed E-state index contributed by atoms with van der Waals surface area (Å²) in [7, 11) is 0. The van der Waals surface area contributed by atoms with Gasteiger partial charge >= 0.3 is 0 Å². The first-order valence-corrected chi connectivity index (χ1v) is 4.22. The average Bonchev–Trinajstić information content (AvgIpc) is 2.64. The van der Waals surface area contributed by atoms with E-state index in [0.29, 0.717) is 12.1 Å². The second-order valence-corrected chi connectivity index (χ2v) is 2.93. The van der Waals surface area contributed by atoms with Gasteiger partial charge in [-0.1, -0.05) is 0 Å². The summed E-state index contributed by atoms with van der Waals surface area (Å²) >= 11 is 0. The molecule has 0 N–H and O–H groups in total. The van der Waals surface area contributed by atoms with Gasteiger partial charge < -0.3 is 4.40 Å². The number of hydrogen-bond donors (Lipinski definition) is 0. The molecule has 70 valence electrons. The normalized spacial score (nSPS) is 11.9. The molecular weight excluding hydrogens is 178 g/mol. The Morgan fingerprint density at radius 2 is 2.43 bits per heavy atom. The number of hydrogen-bond acceptors (Lipinski definition) is 2. The number of aliphatic imine (C=N–C) groups is 1. The molecule has 0 aromatic carbocycles. The molecule has 4 nitrogen and oxygen atoms in total. The highest BCUT2D eigenvalue weighted by Crippen LogP contribution is 2.05. The quantitative estimate of drug-likeness (QED) is 0.525. The van der Waals surface area contributed by atoms with Crippen LogP contribution in [0.5, 0.6) is 0 Å². The topological polar surface area (TPSA) is 46.7 Å². The van der Waals surface area contributed by atoms with Crippen LogP contribution in [0.1, 0.15) is 12.5 Å². The molecule has 4 heteroatoms. The summed E-state index contributed by atoms with van der Waals surface area (Å²) < 4.78 is 1.89. The molecule has 0 unspecified atom stereocenters. The van der Waals surface area contributed by atoms with Crippen LogP contribution >= 0.6 is 0 Å². The van der Waals surface area contributed by atoms with Gasteiger partial charge in [0.25, 0.3) is 0 Å². The predicted octanol–water partition coefficient (Wildman–Crippen LogP) is 1.30. The molecule has 0 spiro atoms. The van der Waals surface area contributed by atoms with Crippen molar-refractivity contribution < 1.29 is 4.79 Å². The van der Waals surface area contributed by atoms with Crippen molar-refractivity contribution in [3.63, 3.8) is 0 Å². The third kappa shape index (κ3) is 1.42. The number of aromatic nitrogens is 2. The Hall–Kier alpha value is -1.97. The summed E-state index contributed by atoms with van der Waals surface area (Å²) in [6.45, 7) is 1.80. The maximum atomic E-state index is 10.2. The van der Waals surface area contributed by atoms with E-state index in [9.17, 15) is 4.79 Å². The maximum Gasteiger partial charge on any atom is 0.233 e. The Labute approximate surface area is 80.9 Å². The molecule has 14 heavy (non-hydrogen) atoms.